The van der Waals surface area contributed by atoms with E-state index in [1.807, 2.05) is 11.8 Å². The quantitative estimate of drug-likeness (QED) is 0.674. The molecule has 1 saturated carbocycles. The molecule has 0 bridgehead atoms. The number of anilines is 1. The molecule has 0 aromatic carbocycles. The molecule has 9 heteroatoms. The fraction of sp³-hybridized carbons (Fsp3) is 0.682. The molecule has 170 valence electrons. The Labute approximate surface area is 182 Å². The van der Waals surface area contributed by atoms with Crippen molar-refractivity contribution in [3.8, 4) is 0 Å². The number of ether oxygens (including phenoxy) is 2. The van der Waals surface area contributed by atoms with Crippen molar-refractivity contribution in [2.45, 2.75) is 39.2 Å². The van der Waals surface area contributed by atoms with Crippen LogP contribution >= 0.6 is 0 Å². The molecule has 0 unspecified atom stereocenters. The van der Waals surface area contributed by atoms with Gasteiger partial charge in [0.25, 0.3) is 0 Å². The molecular weight excluding hydrogens is 403 g/mol. The Morgan fingerprint density at radius 3 is 2.61 bits per heavy atom. The van der Waals surface area contributed by atoms with Gasteiger partial charge in [-0.25, -0.2) is 19.0 Å². The monoisotopic (exact) mass is 434 g/mol. The summed E-state index contributed by atoms with van der Waals surface area (Å²) in [6.07, 6.45) is 3.18. The average molecular weight is 435 g/mol. The van der Waals surface area contributed by atoms with Crippen molar-refractivity contribution in [2.24, 2.45) is 5.41 Å². The minimum atomic E-state index is -0.572. The van der Waals surface area contributed by atoms with Crippen molar-refractivity contribution < 1.29 is 23.5 Å². The predicted molar refractivity (Wildman–Crippen MR) is 113 cm³/mol. The minimum absolute atomic E-state index is 0.174. The third-order valence-electron chi connectivity index (χ3n) is 6.92. The molecule has 1 aromatic heterocycles. The number of amides is 1. The second-order valence-electron chi connectivity index (χ2n) is 8.89. The van der Waals surface area contributed by atoms with Crippen LogP contribution in [-0.2, 0) is 9.47 Å². The van der Waals surface area contributed by atoms with Gasteiger partial charge < -0.3 is 19.3 Å². The van der Waals surface area contributed by atoms with Crippen LogP contribution in [0, 0.1) is 18.2 Å². The van der Waals surface area contributed by atoms with E-state index in [1.165, 1.54) is 13.2 Å². The molecule has 1 spiro atoms. The van der Waals surface area contributed by atoms with Gasteiger partial charge in [-0.2, -0.15) is 0 Å². The summed E-state index contributed by atoms with van der Waals surface area (Å²) in [5.74, 6) is -0.577. The molecule has 4 rings (SSSR count). The molecule has 0 N–H and O–H groups in total. The van der Waals surface area contributed by atoms with Crippen molar-refractivity contribution in [1.29, 1.82) is 0 Å². The number of esters is 1. The van der Waals surface area contributed by atoms with Crippen LogP contribution in [0.5, 0.6) is 0 Å². The van der Waals surface area contributed by atoms with Crippen molar-refractivity contribution in [3.05, 3.63) is 23.1 Å². The number of carbonyl (C=O) groups is 2. The first-order valence-corrected chi connectivity index (χ1v) is 11.0. The topological polar surface area (TPSA) is 75.2 Å². The lowest BCUT2D eigenvalue weighted by Gasteiger charge is -2.48. The fourth-order valence-electron chi connectivity index (χ4n) is 5.25. The van der Waals surface area contributed by atoms with E-state index in [0.717, 1.165) is 58.5 Å². The highest BCUT2D eigenvalue weighted by Gasteiger charge is 2.51. The van der Waals surface area contributed by atoms with Crippen LogP contribution in [0.3, 0.4) is 0 Å². The number of methoxy groups -OCH3 is 1. The van der Waals surface area contributed by atoms with Crippen molar-refractivity contribution in [3.63, 3.8) is 0 Å². The molecule has 3 fully saturated rings. The summed E-state index contributed by atoms with van der Waals surface area (Å²) in [6, 6.07) is 1.73. The van der Waals surface area contributed by atoms with Crippen LogP contribution in [0.15, 0.2) is 6.07 Å². The van der Waals surface area contributed by atoms with E-state index in [9.17, 15) is 14.0 Å². The van der Waals surface area contributed by atoms with Crippen molar-refractivity contribution in [2.75, 3.05) is 57.9 Å². The van der Waals surface area contributed by atoms with E-state index >= 15 is 0 Å². The van der Waals surface area contributed by atoms with Gasteiger partial charge in [-0.05, 0) is 39.2 Å². The zero-order chi connectivity index (χ0) is 22.2. The van der Waals surface area contributed by atoms with E-state index in [2.05, 4.69) is 9.88 Å². The number of pyridine rings is 1. The standard InChI is InChI=1S/C22H31FN4O4/c1-4-31-21(29)27-13-22(14-27)6-5-16(12-22)25-7-9-26(10-8-25)19-17(20(28)30-3)11-18(23)15(2)24-19/h11,16H,4-10,12-14H2,1-3H3/t16-/m1/s1. The zero-order valence-corrected chi connectivity index (χ0v) is 18.5. The smallest absolute Gasteiger partial charge is 0.409 e. The zero-order valence-electron chi connectivity index (χ0n) is 18.5. The van der Waals surface area contributed by atoms with Gasteiger partial charge in [-0.3, -0.25) is 4.90 Å². The molecule has 3 heterocycles. The molecule has 31 heavy (non-hydrogen) atoms. The van der Waals surface area contributed by atoms with Crippen molar-refractivity contribution in [1.82, 2.24) is 14.8 Å². The van der Waals surface area contributed by atoms with Gasteiger partial charge in [0.2, 0.25) is 0 Å². The number of carbonyl (C=O) groups excluding carboxylic acids is 2. The molecule has 2 aliphatic heterocycles. The molecule has 1 aliphatic carbocycles. The van der Waals surface area contributed by atoms with Crippen LogP contribution in [0.2, 0.25) is 0 Å². The summed E-state index contributed by atoms with van der Waals surface area (Å²) in [5, 5.41) is 0. The number of halogens is 1. The number of hydrogen-bond donors (Lipinski definition) is 0. The molecule has 2 saturated heterocycles. The van der Waals surface area contributed by atoms with Crippen LogP contribution in [0.25, 0.3) is 0 Å². The summed E-state index contributed by atoms with van der Waals surface area (Å²) in [4.78, 5) is 34.7. The number of hydrogen-bond acceptors (Lipinski definition) is 7. The second kappa shape index (κ2) is 8.61. The van der Waals surface area contributed by atoms with Crippen molar-refractivity contribution >= 4 is 17.9 Å². The normalized spacial score (nSPS) is 23.0. The minimum Gasteiger partial charge on any atom is -0.465 e. The number of nitrogens with zero attached hydrogens (tertiary/aromatic N) is 4. The molecule has 1 amide bonds. The molecular formula is C22H31FN4O4. The number of aryl methyl sites for hydroxylation is 1. The summed E-state index contributed by atoms with van der Waals surface area (Å²) in [5.41, 5.74) is 0.689. The molecule has 1 atom stereocenters. The maximum atomic E-state index is 14.0. The second-order valence-corrected chi connectivity index (χ2v) is 8.89. The van der Waals surface area contributed by atoms with Crippen LogP contribution < -0.4 is 4.90 Å². The van der Waals surface area contributed by atoms with E-state index in [4.69, 9.17) is 9.47 Å². The number of piperazine rings is 1. The van der Waals surface area contributed by atoms with E-state index in [1.54, 1.807) is 11.8 Å². The first kappa shape index (κ1) is 21.8. The molecule has 3 aliphatic rings. The van der Waals surface area contributed by atoms with E-state index < -0.39 is 11.8 Å². The Kier molecular flexibility index (Phi) is 6.05. The van der Waals surface area contributed by atoms with Gasteiger partial charge in [-0.15, -0.1) is 0 Å². The number of likely N-dealkylation sites (tertiary alicyclic amines) is 1. The Bertz CT molecular complexity index is 850. The summed E-state index contributed by atoms with van der Waals surface area (Å²) < 4.78 is 23.9. The molecule has 0 radical (unpaired) electrons. The van der Waals surface area contributed by atoms with Crippen LogP contribution in [0.4, 0.5) is 15.0 Å². The lowest BCUT2D eigenvalue weighted by Crippen LogP contribution is -2.58. The SMILES string of the molecule is CCOC(=O)N1CC2(CC[C@@H](N3CCN(c4nc(C)c(F)cc4C(=O)OC)CC3)C2)C1. The highest BCUT2D eigenvalue weighted by molar-refractivity contribution is 5.94. The van der Waals surface area contributed by atoms with E-state index in [0.29, 0.717) is 18.5 Å². The maximum absolute atomic E-state index is 14.0. The first-order chi connectivity index (χ1) is 14.9. The fourth-order valence-corrected chi connectivity index (χ4v) is 5.25. The van der Waals surface area contributed by atoms with Gasteiger partial charge in [0.1, 0.15) is 17.2 Å². The van der Waals surface area contributed by atoms with Crippen LogP contribution in [-0.4, -0.2) is 85.9 Å². The van der Waals surface area contributed by atoms with E-state index in [-0.39, 0.29) is 22.8 Å². The van der Waals surface area contributed by atoms with Crippen LogP contribution in [0.1, 0.15) is 42.2 Å². The Hall–Kier alpha value is -2.42. The third-order valence-corrected chi connectivity index (χ3v) is 6.92. The summed E-state index contributed by atoms with van der Waals surface area (Å²) in [7, 11) is 1.29. The van der Waals surface area contributed by atoms with Gasteiger partial charge in [0.05, 0.1) is 19.4 Å². The Balaban J connectivity index is 1.35. The van der Waals surface area contributed by atoms with Gasteiger partial charge in [-0.1, -0.05) is 0 Å². The summed E-state index contributed by atoms with van der Waals surface area (Å²) in [6.45, 7) is 8.60. The maximum Gasteiger partial charge on any atom is 0.409 e. The molecule has 8 nitrogen and oxygen atoms in total. The van der Waals surface area contributed by atoms with Gasteiger partial charge >= 0.3 is 12.1 Å². The predicted octanol–water partition coefficient (Wildman–Crippen LogP) is 2.45. The first-order valence-electron chi connectivity index (χ1n) is 11.0. The number of rotatable bonds is 4. The Morgan fingerprint density at radius 2 is 1.97 bits per heavy atom. The van der Waals surface area contributed by atoms with Gasteiger partial charge in [0.15, 0.2) is 0 Å². The highest BCUT2D eigenvalue weighted by Crippen LogP contribution is 2.47. The Morgan fingerprint density at radius 1 is 1.26 bits per heavy atom. The highest BCUT2D eigenvalue weighted by atomic mass is 19.1. The van der Waals surface area contributed by atoms with Gasteiger partial charge in [0, 0.05) is 50.7 Å². The lowest BCUT2D eigenvalue weighted by molar-refractivity contribution is -0.00294. The number of aromatic nitrogens is 1. The average Bonchev–Trinajstić information content (AvgIpc) is 3.20. The molecule has 1 aromatic rings. The largest absolute Gasteiger partial charge is 0.465 e. The summed E-state index contributed by atoms with van der Waals surface area (Å²) >= 11 is 0. The third kappa shape index (κ3) is 4.20. The lowest BCUT2D eigenvalue weighted by atomic mass is 9.78.